The highest BCUT2D eigenvalue weighted by Crippen LogP contribution is 2.24. The number of anilines is 1. The Labute approximate surface area is 207 Å². The molecule has 0 aliphatic heterocycles. The lowest BCUT2D eigenvalue weighted by Gasteiger charge is -2.23. The summed E-state index contributed by atoms with van der Waals surface area (Å²) in [4.78, 5) is 12.3. The van der Waals surface area contributed by atoms with Crippen molar-refractivity contribution in [2.75, 3.05) is 17.2 Å². The Morgan fingerprint density at radius 2 is 1.64 bits per heavy atom. The van der Waals surface area contributed by atoms with Gasteiger partial charge in [-0.25, -0.2) is 8.42 Å². The van der Waals surface area contributed by atoms with Crippen molar-refractivity contribution in [3.05, 3.63) is 93.4 Å². The van der Waals surface area contributed by atoms with E-state index in [1.54, 1.807) is 48.5 Å². The normalized spacial score (nSPS) is 12.1. The summed E-state index contributed by atoms with van der Waals surface area (Å²) in [5.74, 6) is 0.208. The van der Waals surface area contributed by atoms with E-state index in [9.17, 15) is 13.2 Å². The van der Waals surface area contributed by atoms with Crippen LogP contribution in [0.5, 0.6) is 5.75 Å². The van der Waals surface area contributed by atoms with Crippen molar-refractivity contribution in [1.82, 2.24) is 5.32 Å². The molecule has 3 aromatic rings. The Morgan fingerprint density at radius 3 is 2.21 bits per heavy atom. The predicted octanol–water partition coefficient (Wildman–Crippen LogP) is 5.32. The molecule has 3 rings (SSSR count). The van der Waals surface area contributed by atoms with Gasteiger partial charge in [-0.15, -0.1) is 0 Å². The van der Waals surface area contributed by atoms with Crippen LogP contribution in [-0.4, -0.2) is 27.2 Å². The van der Waals surface area contributed by atoms with E-state index in [-0.39, 0.29) is 25.1 Å². The maximum absolute atomic E-state index is 12.4. The van der Waals surface area contributed by atoms with Gasteiger partial charge in [0.2, 0.25) is 10.0 Å². The number of hydrogen-bond acceptors (Lipinski definition) is 4. The fourth-order valence-electron chi connectivity index (χ4n) is 3.13. The number of carbonyl (C=O) groups is 1. The first-order valence-corrected chi connectivity index (χ1v) is 13.1. The molecule has 33 heavy (non-hydrogen) atoms. The number of nitrogens with one attached hydrogen (secondary N) is 1. The summed E-state index contributed by atoms with van der Waals surface area (Å²) in [5, 5.41) is 3.48. The fourth-order valence-corrected chi connectivity index (χ4v) is 4.41. The first-order valence-electron chi connectivity index (χ1n) is 10.1. The third-order valence-corrected chi connectivity index (χ3v) is 6.80. The molecule has 0 fully saturated rings. The van der Waals surface area contributed by atoms with Crippen LogP contribution in [0.25, 0.3) is 0 Å². The molecule has 9 heteroatoms. The van der Waals surface area contributed by atoms with E-state index in [0.29, 0.717) is 16.5 Å². The molecule has 0 radical (unpaired) electrons. The number of amides is 1. The topological polar surface area (TPSA) is 75.7 Å². The quantitative estimate of drug-likeness (QED) is 0.390. The summed E-state index contributed by atoms with van der Waals surface area (Å²) >= 11 is 9.30. The van der Waals surface area contributed by atoms with Gasteiger partial charge >= 0.3 is 0 Å². The Morgan fingerprint density at radius 1 is 1.03 bits per heavy atom. The lowest BCUT2D eigenvalue weighted by atomic mass is 10.1. The highest BCUT2D eigenvalue weighted by atomic mass is 79.9. The fraction of sp³-hybridized carbons (Fsp3) is 0.208. The summed E-state index contributed by atoms with van der Waals surface area (Å²) in [6, 6.07) is 21.1. The summed E-state index contributed by atoms with van der Waals surface area (Å²) in [7, 11) is -3.51. The largest absolute Gasteiger partial charge is 0.484 e. The smallest absolute Gasteiger partial charge is 0.258 e. The van der Waals surface area contributed by atoms with Gasteiger partial charge in [-0.1, -0.05) is 51.8 Å². The van der Waals surface area contributed by atoms with E-state index in [1.807, 2.05) is 31.2 Å². The van der Waals surface area contributed by atoms with Gasteiger partial charge in [0.15, 0.2) is 6.61 Å². The number of hydrogen-bond donors (Lipinski definition) is 1. The van der Waals surface area contributed by atoms with E-state index in [0.717, 1.165) is 21.9 Å². The van der Waals surface area contributed by atoms with Gasteiger partial charge < -0.3 is 10.1 Å². The molecule has 0 aliphatic carbocycles. The maximum atomic E-state index is 12.4. The molecule has 0 saturated carbocycles. The molecule has 0 spiro atoms. The number of nitrogens with zero attached hydrogens (tertiary/aromatic N) is 1. The number of carbonyl (C=O) groups excluding carboxylic acids is 1. The van der Waals surface area contributed by atoms with Crippen LogP contribution in [-0.2, 0) is 21.4 Å². The van der Waals surface area contributed by atoms with Crippen molar-refractivity contribution in [1.29, 1.82) is 0 Å². The van der Waals surface area contributed by atoms with Crippen molar-refractivity contribution >= 4 is 49.1 Å². The Bertz CT molecular complexity index is 1180. The molecule has 0 unspecified atom stereocenters. The second-order valence-corrected chi connectivity index (χ2v) is 10.8. The Hall–Kier alpha value is -2.55. The van der Waals surface area contributed by atoms with Gasteiger partial charge in [0.05, 0.1) is 24.5 Å². The van der Waals surface area contributed by atoms with E-state index in [1.165, 1.54) is 4.31 Å². The molecular formula is C24H24BrClN2O4S. The first kappa shape index (κ1) is 25.1. The minimum Gasteiger partial charge on any atom is -0.484 e. The van der Waals surface area contributed by atoms with Gasteiger partial charge in [-0.2, -0.15) is 0 Å². The van der Waals surface area contributed by atoms with E-state index in [4.69, 9.17) is 16.3 Å². The molecule has 0 heterocycles. The van der Waals surface area contributed by atoms with Crippen LogP contribution in [0.2, 0.25) is 5.02 Å². The highest BCUT2D eigenvalue weighted by Gasteiger charge is 2.18. The van der Waals surface area contributed by atoms with Crippen molar-refractivity contribution in [3.8, 4) is 5.75 Å². The van der Waals surface area contributed by atoms with Crippen LogP contribution in [0.15, 0.2) is 77.3 Å². The van der Waals surface area contributed by atoms with Crippen LogP contribution in [0.4, 0.5) is 5.69 Å². The summed E-state index contributed by atoms with van der Waals surface area (Å²) in [5.41, 5.74) is 2.28. The van der Waals surface area contributed by atoms with Crippen LogP contribution in [0.3, 0.4) is 0 Å². The molecule has 1 amide bonds. The third-order valence-electron chi connectivity index (χ3n) is 4.88. The minimum atomic E-state index is -3.51. The SMILES string of the molecule is C[C@@H](NC(=O)COc1ccc(N(Cc2ccc(Cl)cc2)S(C)(=O)=O)cc1)c1ccc(Br)cc1. The van der Waals surface area contributed by atoms with Gasteiger partial charge in [0.1, 0.15) is 5.75 Å². The van der Waals surface area contributed by atoms with Crippen molar-refractivity contribution < 1.29 is 17.9 Å². The Balaban J connectivity index is 1.60. The standard InChI is InChI=1S/C24H24BrClN2O4S/c1-17(19-5-7-20(25)8-6-19)27-24(29)16-32-23-13-11-22(12-14-23)28(33(2,30)31)15-18-3-9-21(26)10-4-18/h3-14,17H,15-16H2,1-2H3,(H,27,29)/t17-/m1/s1. The number of halogens is 2. The molecule has 174 valence electrons. The monoisotopic (exact) mass is 550 g/mol. The molecule has 0 aromatic heterocycles. The van der Waals surface area contributed by atoms with E-state index < -0.39 is 10.0 Å². The molecule has 0 bridgehead atoms. The Kier molecular flexibility index (Phi) is 8.40. The maximum Gasteiger partial charge on any atom is 0.258 e. The first-order chi connectivity index (χ1) is 15.6. The summed E-state index contributed by atoms with van der Waals surface area (Å²) < 4.78 is 32.6. The molecule has 6 nitrogen and oxygen atoms in total. The van der Waals surface area contributed by atoms with Crippen molar-refractivity contribution in [2.45, 2.75) is 19.5 Å². The number of rotatable bonds is 9. The zero-order valence-corrected chi connectivity index (χ0v) is 21.3. The summed E-state index contributed by atoms with van der Waals surface area (Å²) in [6.07, 6.45) is 1.16. The van der Waals surface area contributed by atoms with E-state index >= 15 is 0 Å². The zero-order chi connectivity index (χ0) is 24.0. The number of benzene rings is 3. The van der Waals surface area contributed by atoms with Crippen LogP contribution >= 0.6 is 27.5 Å². The predicted molar refractivity (Wildman–Crippen MR) is 135 cm³/mol. The molecule has 3 aromatic carbocycles. The van der Waals surface area contributed by atoms with Crippen LogP contribution < -0.4 is 14.4 Å². The molecule has 1 N–H and O–H groups in total. The summed E-state index contributed by atoms with van der Waals surface area (Å²) in [6.45, 7) is 1.92. The lowest BCUT2D eigenvalue weighted by Crippen LogP contribution is -2.31. The number of sulfonamides is 1. The molecule has 1 atom stereocenters. The molecule has 0 saturated heterocycles. The van der Waals surface area contributed by atoms with Crippen LogP contribution in [0, 0.1) is 0 Å². The minimum absolute atomic E-state index is 0.152. The highest BCUT2D eigenvalue weighted by molar-refractivity contribution is 9.10. The number of ether oxygens (including phenoxy) is 1. The van der Waals surface area contributed by atoms with Gasteiger partial charge in [-0.05, 0) is 66.6 Å². The third kappa shape index (κ3) is 7.48. The zero-order valence-electron chi connectivity index (χ0n) is 18.2. The van der Waals surface area contributed by atoms with Gasteiger partial charge in [-0.3, -0.25) is 9.10 Å². The van der Waals surface area contributed by atoms with Gasteiger partial charge in [0.25, 0.3) is 5.91 Å². The van der Waals surface area contributed by atoms with Crippen LogP contribution in [0.1, 0.15) is 24.1 Å². The lowest BCUT2D eigenvalue weighted by molar-refractivity contribution is -0.123. The second kappa shape index (κ2) is 11.0. The molecular weight excluding hydrogens is 528 g/mol. The van der Waals surface area contributed by atoms with Crippen molar-refractivity contribution in [2.24, 2.45) is 0 Å². The van der Waals surface area contributed by atoms with Gasteiger partial charge in [0, 0.05) is 9.50 Å². The van der Waals surface area contributed by atoms with Crippen molar-refractivity contribution in [3.63, 3.8) is 0 Å². The van der Waals surface area contributed by atoms with E-state index in [2.05, 4.69) is 21.2 Å². The molecule has 0 aliphatic rings. The second-order valence-electron chi connectivity index (χ2n) is 7.52. The average molecular weight is 552 g/mol. The average Bonchev–Trinajstić information content (AvgIpc) is 2.77.